The molecule has 0 fully saturated rings. The van der Waals surface area contributed by atoms with Gasteiger partial charge in [0.2, 0.25) is 0 Å². The van der Waals surface area contributed by atoms with Gasteiger partial charge in [0.25, 0.3) is 0 Å². The van der Waals surface area contributed by atoms with Crippen LogP contribution < -0.4 is 0 Å². The quantitative estimate of drug-likeness (QED) is 0.380. The van der Waals surface area contributed by atoms with E-state index in [2.05, 4.69) is 20.8 Å². The van der Waals surface area contributed by atoms with Crippen molar-refractivity contribution in [2.45, 2.75) is 72.1 Å². The Balaban J connectivity index is 0. The van der Waals surface area contributed by atoms with Gasteiger partial charge in [0.15, 0.2) is 0 Å². The molecule has 0 unspecified atom stereocenters. The van der Waals surface area contributed by atoms with E-state index in [0.29, 0.717) is 0 Å². The molecule has 3 nitrogen and oxygen atoms in total. The van der Waals surface area contributed by atoms with Crippen molar-refractivity contribution < 1.29 is 9.94 Å². The number of hydroxylamine groups is 2. The van der Waals surface area contributed by atoms with E-state index in [1.807, 2.05) is 5.06 Å². The number of hydrogen-bond acceptors (Lipinski definition) is 3. The molecule has 0 aliphatic carbocycles. The van der Waals surface area contributed by atoms with Gasteiger partial charge in [-0.2, -0.15) is 5.06 Å². The van der Waals surface area contributed by atoms with Crippen LogP contribution in [0, 0.1) is 5.92 Å². The van der Waals surface area contributed by atoms with E-state index >= 15 is 0 Å². The zero-order chi connectivity index (χ0) is 14.3. The molecule has 20 heavy (non-hydrogen) atoms. The predicted molar refractivity (Wildman–Crippen MR) is 89.3 cm³/mol. The summed E-state index contributed by atoms with van der Waals surface area (Å²) >= 11 is 0. The van der Waals surface area contributed by atoms with Crippen LogP contribution in [0.1, 0.15) is 72.1 Å². The van der Waals surface area contributed by atoms with Crippen LogP contribution in [0.5, 0.6) is 0 Å². The van der Waals surface area contributed by atoms with Crippen molar-refractivity contribution in [3.8, 4) is 0 Å². The molecule has 0 aromatic carbocycles. The van der Waals surface area contributed by atoms with Crippen LogP contribution >= 0.6 is 12.4 Å². The van der Waals surface area contributed by atoms with Crippen molar-refractivity contribution >= 4 is 12.4 Å². The number of aliphatic hydroxyl groups is 1. The van der Waals surface area contributed by atoms with E-state index in [0.717, 1.165) is 44.9 Å². The Morgan fingerprint density at radius 2 is 1.60 bits per heavy atom. The smallest absolute Gasteiger partial charge is 0.0685 e. The lowest BCUT2D eigenvalue weighted by Crippen LogP contribution is -2.27. The molecule has 0 radical (unpaired) electrons. The molecule has 0 aliphatic heterocycles. The molecule has 4 heteroatoms. The Bertz CT molecular complexity index is 180. The van der Waals surface area contributed by atoms with Gasteiger partial charge in [-0.25, -0.2) is 0 Å². The second-order valence-corrected chi connectivity index (χ2v) is 5.79. The third-order valence-electron chi connectivity index (χ3n) is 3.24. The number of unbranched alkanes of at least 4 members (excludes halogenated alkanes) is 4. The topological polar surface area (TPSA) is 32.7 Å². The summed E-state index contributed by atoms with van der Waals surface area (Å²) in [5.74, 6) is 0.845. The fraction of sp³-hybridized carbons (Fsp3) is 1.00. The average molecular weight is 310 g/mol. The number of nitrogens with zero attached hydrogens (tertiary/aromatic N) is 1. The molecular weight excluding hydrogens is 274 g/mol. The van der Waals surface area contributed by atoms with Crippen LogP contribution in [0.15, 0.2) is 0 Å². The maximum atomic E-state index is 8.83. The molecule has 124 valence electrons. The fourth-order valence-electron chi connectivity index (χ4n) is 2.12. The lowest BCUT2D eigenvalue weighted by atomic mass is 10.0. The van der Waals surface area contributed by atoms with Crippen LogP contribution in [0.3, 0.4) is 0 Å². The molecule has 0 aromatic rings. The van der Waals surface area contributed by atoms with Gasteiger partial charge in [-0.1, -0.05) is 52.9 Å². The van der Waals surface area contributed by atoms with Crippen LogP contribution in [-0.2, 0) is 4.84 Å². The van der Waals surface area contributed by atoms with E-state index in [4.69, 9.17) is 9.94 Å². The number of rotatable bonds is 14. The highest BCUT2D eigenvalue weighted by Crippen LogP contribution is 2.10. The Morgan fingerprint density at radius 1 is 0.950 bits per heavy atom. The molecule has 0 spiro atoms. The summed E-state index contributed by atoms with van der Waals surface area (Å²) < 4.78 is 0. The van der Waals surface area contributed by atoms with Gasteiger partial charge in [0.1, 0.15) is 0 Å². The van der Waals surface area contributed by atoms with Gasteiger partial charge < -0.3 is 5.11 Å². The van der Waals surface area contributed by atoms with Gasteiger partial charge in [-0.3, -0.25) is 4.84 Å². The van der Waals surface area contributed by atoms with Gasteiger partial charge in [-0.05, 0) is 25.2 Å². The number of aliphatic hydroxyl groups excluding tert-OH is 1. The highest BCUT2D eigenvalue weighted by Gasteiger charge is 2.03. The first-order valence-corrected chi connectivity index (χ1v) is 8.19. The summed E-state index contributed by atoms with van der Waals surface area (Å²) in [6.07, 6.45) is 9.76. The van der Waals surface area contributed by atoms with Crippen LogP contribution in [-0.4, -0.2) is 36.5 Å². The molecule has 1 N–H and O–H groups in total. The zero-order valence-electron chi connectivity index (χ0n) is 13.8. The molecule has 0 saturated heterocycles. The van der Waals surface area contributed by atoms with Crippen LogP contribution in [0.2, 0.25) is 0 Å². The highest BCUT2D eigenvalue weighted by molar-refractivity contribution is 5.85. The maximum absolute atomic E-state index is 8.83. The Morgan fingerprint density at radius 3 is 2.20 bits per heavy atom. The Labute approximate surface area is 132 Å². The molecule has 0 rings (SSSR count). The van der Waals surface area contributed by atoms with Crippen molar-refractivity contribution in [3.63, 3.8) is 0 Å². The molecule has 0 saturated carbocycles. The van der Waals surface area contributed by atoms with Crippen LogP contribution in [0.4, 0.5) is 0 Å². The third-order valence-corrected chi connectivity index (χ3v) is 3.24. The highest BCUT2D eigenvalue weighted by atomic mass is 35.5. The largest absolute Gasteiger partial charge is 0.396 e. The average Bonchev–Trinajstić information content (AvgIpc) is 2.38. The lowest BCUT2D eigenvalue weighted by molar-refractivity contribution is -0.161. The Kier molecular flexibility index (Phi) is 19.3. The first kappa shape index (κ1) is 22.5. The number of hydrogen-bond donors (Lipinski definition) is 1. The summed E-state index contributed by atoms with van der Waals surface area (Å²) in [4.78, 5) is 5.75. The molecule has 0 aliphatic rings. The SMILES string of the molecule is CCCN(CCCO)OCCCCCCCC(C)C.Cl. The summed E-state index contributed by atoms with van der Waals surface area (Å²) in [5, 5.41) is 10.8. The second-order valence-electron chi connectivity index (χ2n) is 5.79. The van der Waals surface area contributed by atoms with E-state index < -0.39 is 0 Å². The van der Waals surface area contributed by atoms with Crippen molar-refractivity contribution in [2.24, 2.45) is 5.92 Å². The van der Waals surface area contributed by atoms with E-state index in [9.17, 15) is 0 Å². The zero-order valence-corrected chi connectivity index (χ0v) is 14.6. The summed E-state index contributed by atoms with van der Waals surface area (Å²) in [7, 11) is 0. The summed E-state index contributed by atoms with van der Waals surface area (Å²) in [6, 6.07) is 0. The van der Waals surface area contributed by atoms with Gasteiger partial charge in [0, 0.05) is 19.7 Å². The van der Waals surface area contributed by atoms with Crippen LogP contribution in [0.25, 0.3) is 0 Å². The van der Waals surface area contributed by atoms with Gasteiger partial charge >= 0.3 is 0 Å². The first-order valence-electron chi connectivity index (χ1n) is 8.19. The summed E-state index contributed by atoms with van der Waals surface area (Å²) in [5.41, 5.74) is 0. The fourth-order valence-corrected chi connectivity index (χ4v) is 2.12. The van der Waals surface area contributed by atoms with Gasteiger partial charge in [-0.15, -0.1) is 12.4 Å². The predicted octanol–water partition coefficient (Wildman–Crippen LogP) is 4.43. The molecule has 0 atom stereocenters. The lowest BCUT2D eigenvalue weighted by Gasteiger charge is -2.20. The monoisotopic (exact) mass is 309 g/mol. The minimum Gasteiger partial charge on any atom is -0.396 e. The molecule has 0 aromatic heterocycles. The van der Waals surface area contributed by atoms with Gasteiger partial charge in [0.05, 0.1) is 6.61 Å². The Hall–Kier alpha value is 0.170. The third kappa shape index (κ3) is 16.2. The van der Waals surface area contributed by atoms with E-state index in [-0.39, 0.29) is 19.0 Å². The van der Waals surface area contributed by atoms with E-state index in [1.54, 1.807) is 0 Å². The second kappa shape index (κ2) is 17.2. The minimum absolute atomic E-state index is 0. The van der Waals surface area contributed by atoms with Crippen molar-refractivity contribution in [1.82, 2.24) is 5.06 Å². The molecular formula is C16H36ClNO2. The molecule has 0 bridgehead atoms. The summed E-state index contributed by atoms with van der Waals surface area (Å²) in [6.45, 7) is 9.64. The number of halogens is 1. The maximum Gasteiger partial charge on any atom is 0.0685 e. The molecule has 0 heterocycles. The normalized spacial score (nSPS) is 11.1. The standard InChI is InChI=1S/C16H35NO2.ClH/c1-4-12-17(13-10-14-18)19-15-9-7-5-6-8-11-16(2)3;/h16,18H,4-15H2,1-3H3;1H. The first-order chi connectivity index (χ1) is 9.20. The van der Waals surface area contributed by atoms with E-state index in [1.165, 1.54) is 32.1 Å². The van der Waals surface area contributed by atoms with Crippen molar-refractivity contribution in [3.05, 3.63) is 0 Å². The van der Waals surface area contributed by atoms with Crippen molar-refractivity contribution in [1.29, 1.82) is 0 Å². The van der Waals surface area contributed by atoms with Crippen molar-refractivity contribution in [2.75, 3.05) is 26.3 Å². The minimum atomic E-state index is 0. The molecule has 0 amide bonds.